The summed E-state index contributed by atoms with van der Waals surface area (Å²) in [6.45, 7) is 8.14. The third-order valence-electron chi connectivity index (χ3n) is 2.78. The predicted molar refractivity (Wildman–Crippen MR) is 66.1 cm³/mol. The summed E-state index contributed by atoms with van der Waals surface area (Å²) in [4.78, 5) is 2.43. The number of aliphatic hydroxyl groups is 1. The van der Waals surface area contributed by atoms with Crippen molar-refractivity contribution in [2.45, 2.75) is 33.1 Å². The Balaban J connectivity index is 3.48. The lowest BCUT2D eigenvalue weighted by atomic mass is 10.0. The molecule has 3 heteroatoms. The third kappa shape index (κ3) is 6.68. The molecule has 0 rings (SSSR count). The largest absolute Gasteiger partial charge is 0.396 e. The van der Waals surface area contributed by atoms with E-state index in [1.54, 1.807) is 0 Å². The van der Waals surface area contributed by atoms with Gasteiger partial charge in [0.1, 0.15) is 0 Å². The molecule has 0 spiro atoms. The van der Waals surface area contributed by atoms with Gasteiger partial charge in [-0.3, -0.25) is 0 Å². The van der Waals surface area contributed by atoms with Crippen molar-refractivity contribution in [2.24, 2.45) is 5.92 Å². The molecule has 0 fully saturated rings. The number of hydrogen-bond donors (Lipinski definition) is 2. The van der Waals surface area contributed by atoms with E-state index in [9.17, 15) is 0 Å². The van der Waals surface area contributed by atoms with Gasteiger partial charge in [-0.1, -0.05) is 13.8 Å². The van der Waals surface area contributed by atoms with Crippen LogP contribution in [0.25, 0.3) is 0 Å². The topological polar surface area (TPSA) is 23.5 Å². The predicted octanol–water partition coefficient (Wildman–Crippen LogP) is 2.04. The van der Waals surface area contributed by atoms with E-state index in [1.807, 2.05) is 0 Å². The molecule has 0 saturated heterocycles. The second-order valence-corrected chi connectivity index (χ2v) is 4.18. The maximum atomic E-state index is 9.09. The molecule has 0 aromatic heterocycles. The SMILES string of the molecule is CCN(CC)CCCC(CO)CCS. The Labute approximate surface area is 94.1 Å². The van der Waals surface area contributed by atoms with Crippen LogP contribution in [0.5, 0.6) is 0 Å². The first-order valence-corrected chi connectivity index (χ1v) is 6.35. The highest BCUT2D eigenvalue weighted by molar-refractivity contribution is 7.80. The van der Waals surface area contributed by atoms with Crippen LogP contribution in [-0.4, -0.2) is 42.0 Å². The van der Waals surface area contributed by atoms with Gasteiger partial charge in [-0.25, -0.2) is 0 Å². The molecule has 1 atom stereocenters. The zero-order valence-corrected chi connectivity index (χ0v) is 10.5. The van der Waals surface area contributed by atoms with E-state index in [0.717, 1.165) is 38.2 Å². The molecular weight excluding hydrogens is 194 g/mol. The highest BCUT2D eigenvalue weighted by atomic mass is 32.1. The van der Waals surface area contributed by atoms with Crippen LogP contribution in [0.3, 0.4) is 0 Å². The van der Waals surface area contributed by atoms with Crippen LogP contribution < -0.4 is 0 Å². The molecule has 0 heterocycles. The smallest absolute Gasteiger partial charge is 0.0459 e. The summed E-state index contributed by atoms with van der Waals surface area (Å²) in [5.41, 5.74) is 0. The third-order valence-corrected chi connectivity index (χ3v) is 3.03. The Hall–Kier alpha value is 0.270. The van der Waals surface area contributed by atoms with Crippen LogP contribution in [0.1, 0.15) is 33.1 Å². The molecule has 0 aromatic rings. The van der Waals surface area contributed by atoms with Gasteiger partial charge in [0.2, 0.25) is 0 Å². The van der Waals surface area contributed by atoms with Crippen LogP contribution in [0.15, 0.2) is 0 Å². The van der Waals surface area contributed by atoms with E-state index >= 15 is 0 Å². The number of thiol groups is 1. The van der Waals surface area contributed by atoms with E-state index < -0.39 is 0 Å². The minimum absolute atomic E-state index is 0.318. The van der Waals surface area contributed by atoms with Gasteiger partial charge >= 0.3 is 0 Å². The minimum atomic E-state index is 0.318. The van der Waals surface area contributed by atoms with Crippen LogP contribution in [-0.2, 0) is 0 Å². The Bertz CT molecular complexity index is 118. The quantitative estimate of drug-likeness (QED) is 0.580. The number of rotatable bonds is 9. The lowest BCUT2D eigenvalue weighted by Gasteiger charge is -2.19. The first-order chi connectivity index (χ1) is 6.78. The average molecular weight is 219 g/mol. The average Bonchev–Trinajstić information content (AvgIpc) is 2.23. The van der Waals surface area contributed by atoms with Gasteiger partial charge in [0.15, 0.2) is 0 Å². The molecule has 0 saturated carbocycles. The second kappa shape index (κ2) is 9.81. The van der Waals surface area contributed by atoms with Crippen LogP contribution in [0, 0.1) is 5.92 Å². The van der Waals surface area contributed by atoms with Gasteiger partial charge in [0, 0.05) is 6.61 Å². The number of nitrogens with zero attached hydrogens (tertiary/aromatic N) is 1. The maximum absolute atomic E-state index is 9.09. The van der Waals surface area contributed by atoms with Gasteiger partial charge in [-0.15, -0.1) is 0 Å². The molecule has 0 aliphatic heterocycles. The Morgan fingerprint density at radius 1 is 1.21 bits per heavy atom. The van der Waals surface area contributed by atoms with Crippen molar-refractivity contribution < 1.29 is 5.11 Å². The second-order valence-electron chi connectivity index (χ2n) is 3.73. The highest BCUT2D eigenvalue weighted by Crippen LogP contribution is 2.11. The van der Waals surface area contributed by atoms with Gasteiger partial charge in [-0.2, -0.15) is 12.6 Å². The molecule has 86 valence electrons. The number of hydrogen-bond acceptors (Lipinski definition) is 3. The fraction of sp³-hybridized carbons (Fsp3) is 1.00. The summed E-state index contributed by atoms with van der Waals surface area (Å²) < 4.78 is 0. The van der Waals surface area contributed by atoms with Crippen LogP contribution >= 0.6 is 12.6 Å². The molecule has 0 bridgehead atoms. The summed E-state index contributed by atoms with van der Waals surface area (Å²) >= 11 is 4.19. The van der Waals surface area contributed by atoms with Gasteiger partial charge in [-0.05, 0) is 50.6 Å². The Morgan fingerprint density at radius 2 is 1.86 bits per heavy atom. The molecule has 0 radical (unpaired) electrons. The normalized spacial score (nSPS) is 13.5. The summed E-state index contributed by atoms with van der Waals surface area (Å²) in [6.07, 6.45) is 3.37. The van der Waals surface area contributed by atoms with Crippen molar-refractivity contribution >= 4 is 12.6 Å². The lowest BCUT2D eigenvalue weighted by molar-refractivity contribution is 0.204. The Kier molecular flexibility index (Phi) is 10.0. The van der Waals surface area contributed by atoms with Gasteiger partial charge < -0.3 is 10.0 Å². The van der Waals surface area contributed by atoms with E-state index in [2.05, 4.69) is 31.4 Å². The molecule has 0 amide bonds. The van der Waals surface area contributed by atoms with Crippen molar-refractivity contribution in [3.8, 4) is 0 Å². The summed E-state index contributed by atoms with van der Waals surface area (Å²) in [5, 5.41) is 9.09. The standard InChI is InChI=1S/C11H25NOS/c1-3-12(4-2)8-5-6-11(10-13)7-9-14/h11,13-14H,3-10H2,1-2H3. The summed E-state index contributed by atoms with van der Waals surface area (Å²) in [7, 11) is 0. The molecule has 0 aromatic carbocycles. The minimum Gasteiger partial charge on any atom is -0.396 e. The molecular formula is C11H25NOS. The maximum Gasteiger partial charge on any atom is 0.0459 e. The zero-order valence-electron chi connectivity index (χ0n) is 9.58. The van der Waals surface area contributed by atoms with Crippen molar-refractivity contribution in [3.63, 3.8) is 0 Å². The van der Waals surface area contributed by atoms with Gasteiger partial charge in [0.25, 0.3) is 0 Å². The van der Waals surface area contributed by atoms with Gasteiger partial charge in [0.05, 0.1) is 0 Å². The van der Waals surface area contributed by atoms with Crippen molar-refractivity contribution in [2.75, 3.05) is 32.0 Å². The Morgan fingerprint density at radius 3 is 2.29 bits per heavy atom. The lowest BCUT2D eigenvalue weighted by Crippen LogP contribution is -2.24. The summed E-state index contributed by atoms with van der Waals surface area (Å²) in [5.74, 6) is 1.35. The van der Waals surface area contributed by atoms with E-state index in [0.29, 0.717) is 12.5 Å². The molecule has 0 aliphatic carbocycles. The molecule has 0 aliphatic rings. The first-order valence-electron chi connectivity index (χ1n) is 5.72. The molecule has 1 N–H and O–H groups in total. The first kappa shape index (κ1) is 14.3. The van der Waals surface area contributed by atoms with Crippen LogP contribution in [0.2, 0.25) is 0 Å². The van der Waals surface area contributed by atoms with Crippen molar-refractivity contribution in [1.82, 2.24) is 4.90 Å². The highest BCUT2D eigenvalue weighted by Gasteiger charge is 2.07. The monoisotopic (exact) mass is 219 g/mol. The van der Waals surface area contributed by atoms with E-state index in [-0.39, 0.29) is 0 Å². The van der Waals surface area contributed by atoms with Crippen molar-refractivity contribution in [3.05, 3.63) is 0 Å². The molecule has 1 unspecified atom stereocenters. The zero-order chi connectivity index (χ0) is 10.8. The molecule has 14 heavy (non-hydrogen) atoms. The van der Waals surface area contributed by atoms with Crippen molar-refractivity contribution in [1.29, 1.82) is 0 Å². The fourth-order valence-corrected chi connectivity index (χ4v) is 2.02. The molecule has 2 nitrogen and oxygen atoms in total. The van der Waals surface area contributed by atoms with E-state index in [1.165, 1.54) is 6.42 Å². The fourth-order valence-electron chi connectivity index (χ4n) is 1.65. The van der Waals surface area contributed by atoms with E-state index in [4.69, 9.17) is 5.11 Å². The summed E-state index contributed by atoms with van der Waals surface area (Å²) in [6, 6.07) is 0. The van der Waals surface area contributed by atoms with Crippen LogP contribution in [0.4, 0.5) is 0 Å². The number of aliphatic hydroxyl groups excluding tert-OH is 1.